The van der Waals surface area contributed by atoms with Gasteiger partial charge < -0.3 is 9.47 Å². The van der Waals surface area contributed by atoms with E-state index in [-0.39, 0.29) is 17.2 Å². The monoisotopic (exact) mass is 367 g/mol. The van der Waals surface area contributed by atoms with E-state index in [9.17, 15) is 9.59 Å². The summed E-state index contributed by atoms with van der Waals surface area (Å²) < 4.78 is 1.99. The SMILES string of the molecule is C=C[C@H](C)N1C(=O)S/C(=C\c2cccn2-c2ccc(N(C)C)cc2)C1=O. The number of anilines is 1. The third-order valence-electron chi connectivity index (χ3n) is 4.28. The molecule has 0 unspecified atom stereocenters. The fourth-order valence-electron chi connectivity index (χ4n) is 2.73. The molecule has 6 heteroatoms. The summed E-state index contributed by atoms with van der Waals surface area (Å²) in [6.45, 7) is 5.44. The molecule has 0 aliphatic carbocycles. The van der Waals surface area contributed by atoms with Crippen LogP contribution in [0.25, 0.3) is 11.8 Å². The highest BCUT2D eigenvalue weighted by atomic mass is 32.2. The summed E-state index contributed by atoms with van der Waals surface area (Å²) in [5, 5.41) is -0.262. The van der Waals surface area contributed by atoms with Crippen LogP contribution in [-0.2, 0) is 4.79 Å². The number of nitrogens with zero attached hydrogens (tertiary/aromatic N) is 3. The van der Waals surface area contributed by atoms with E-state index < -0.39 is 0 Å². The molecule has 0 spiro atoms. The Labute approximate surface area is 157 Å². The predicted octanol–water partition coefficient (Wildman–Crippen LogP) is 4.15. The minimum Gasteiger partial charge on any atom is -0.378 e. The number of hydrogen-bond donors (Lipinski definition) is 0. The van der Waals surface area contributed by atoms with Gasteiger partial charge >= 0.3 is 0 Å². The molecule has 0 N–H and O–H groups in total. The number of thioether (sulfide) groups is 1. The number of imide groups is 1. The zero-order valence-electron chi connectivity index (χ0n) is 15.0. The van der Waals surface area contributed by atoms with Gasteiger partial charge in [0.05, 0.1) is 10.9 Å². The number of carbonyl (C=O) groups excluding carboxylic acids is 2. The highest BCUT2D eigenvalue weighted by molar-refractivity contribution is 8.18. The summed E-state index contributed by atoms with van der Waals surface area (Å²) in [4.78, 5) is 28.4. The number of hydrogen-bond acceptors (Lipinski definition) is 4. The van der Waals surface area contributed by atoms with Crippen molar-refractivity contribution in [1.82, 2.24) is 9.47 Å². The van der Waals surface area contributed by atoms with Crippen LogP contribution in [0.2, 0.25) is 0 Å². The molecule has 1 aliphatic heterocycles. The standard InChI is InChI=1S/C20H21N3O2S/c1-5-14(2)23-19(24)18(26-20(23)25)13-17-7-6-12-22(17)16-10-8-15(9-11-16)21(3)4/h5-14H,1H2,2-4H3/b18-13-/t14-/m0/s1. The molecule has 1 aliphatic rings. The zero-order valence-corrected chi connectivity index (χ0v) is 15.9. The molecule has 1 aromatic carbocycles. The maximum absolute atomic E-state index is 12.6. The maximum Gasteiger partial charge on any atom is 0.294 e. The first-order valence-corrected chi connectivity index (χ1v) is 9.08. The number of aromatic nitrogens is 1. The molecule has 2 amide bonds. The van der Waals surface area contributed by atoms with Gasteiger partial charge in [-0.3, -0.25) is 14.5 Å². The van der Waals surface area contributed by atoms with E-state index in [0.717, 1.165) is 28.8 Å². The largest absolute Gasteiger partial charge is 0.378 e. The molecule has 5 nitrogen and oxygen atoms in total. The second-order valence-electron chi connectivity index (χ2n) is 6.24. The Kier molecular flexibility index (Phi) is 5.04. The minimum atomic E-state index is -0.321. The molecule has 0 radical (unpaired) electrons. The number of benzene rings is 1. The topological polar surface area (TPSA) is 45.6 Å². The van der Waals surface area contributed by atoms with Crippen LogP contribution in [0, 0.1) is 0 Å². The summed E-state index contributed by atoms with van der Waals surface area (Å²) in [5.74, 6) is -0.275. The van der Waals surface area contributed by atoms with Gasteiger partial charge in [-0.15, -0.1) is 6.58 Å². The summed E-state index contributed by atoms with van der Waals surface area (Å²) in [6, 6.07) is 11.7. The van der Waals surface area contributed by atoms with Gasteiger partial charge in [0.25, 0.3) is 11.1 Å². The number of amides is 2. The number of rotatable bonds is 5. The molecular formula is C20H21N3O2S. The van der Waals surface area contributed by atoms with Crippen LogP contribution in [0.5, 0.6) is 0 Å². The molecule has 3 rings (SSSR count). The third kappa shape index (κ3) is 3.32. The van der Waals surface area contributed by atoms with Crippen LogP contribution in [0.1, 0.15) is 12.6 Å². The molecule has 1 atom stereocenters. The lowest BCUT2D eigenvalue weighted by Crippen LogP contribution is -2.35. The normalized spacial score (nSPS) is 17.0. The lowest BCUT2D eigenvalue weighted by molar-refractivity contribution is -0.123. The van der Waals surface area contributed by atoms with E-state index in [4.69, 9.17) is 0 Å². The molecule has 0 saturated carbocycles. The second kappa shape index (κ2) is 7.25. The fraction of sp³-hybridized carbons (Fsp3) is 0.200. The number of carbonyl (C=O) groups is 2. The van der Waals surface area contributed by atoms with Gasteiger partial charge in [0, 0.05) is 37.4 Å². The van der Waals surface area contributed by atoms with Crippen molar-refractivity contribution in [2.75, 3.05) is 19.0 Å². The average molecular weight is 367 g/mol. The van der Waals surface area contributed by atoms with E-state index >= 15 is 0 Å². The minimum absolute atomic E-state index is 0.262. The molecule has 134 valence electrons. The maximum atomic E-state index is 12.6. The van der Waals surface area contributed by atoms with Crippen molar-refractivity contribution in [2.45, 2.75) is 13.0 Å². The summed E-state index contributed by atoms with van der Waals surface area (Å²) in [7, 11) is 3.99. The summed E-state index contributed by atoms with van der Waals surface area (Å²) in [5.41, 5.74) is 2.95. The van der Waals surface area contributed by atoms with Crippen molar-refractivity contribution in [3.05, 3.63) is 65.8 Å². The van der Waals surface area contributed by atoms with Crippen molar-refractivity contribution in [1.29, 1.82) is 0 Å². The Hall–Kier alpha value is -2.73. The highest BCUT2D eigenvalue weighted by Crippen LogP contribution is 2.34. The quantitative estimate of drug-likeness (QED) is 0.588. The van der Waals surface area contributed by atoms with E-state index in [2.05, 4.69) is 6.58 Å². The Morgan fingerprint density at radius 1 is 1.15 bits per heavy atom. The smallest absolute Gasteiger partial charge is 0.294 e. The van der Waals surface area contributed by atoms with Crippen molar-refractivity contribution < 1.29 is 9.59 Å². The van der Waals surface area contributed by atoms with Crippen LogP contribution in [-0.4, -0.2) is 40.8 Å². The predicted molar refractivity (Wildman–Crippen MR) is 108 cm³/mol. The van der Waals surface area contributed by atoms with E-state index in [0.29, 0.717) is 4.91 Å². The highest BCUT2D eigenvalue weighted by Gasteiger charge is 2.37. The van der Waals surface area contributed by atoms with Gasteiger partial charge in [-0.25, -0.2) is 0 Å². The van der Waals surface area contributed by atoms with Crippen LogP contribution >= 0.6 is 11.8 Å². The summed E-state index contributed by atoms with van der Waals surface area (Å²) in [6.07, 6.45) is 5.29. The molecule has 2 heterocycles. The van der Waals surface area contributed by atoms with E-state index in [1.54, 1.807) is 19.1 Å². The van der Waals surface area contributed by atoms with Crippen LogP contribution in [0.3, 0.4) is 0 Å². The Balaban J connectivity index is 1.92. The first-order valence-electron chi connectivity index (χ1n) is 8.27. The molecule has 2 aromatic rings. The third-order valence-corrected chi connectivity index (χ3v) is 5.16. The van der Waals surface area contributed by atoms with Crippen molar-refractivity contribution in [3.63, 3.8) is 0 Å². The van der Waals surface area contributed by atoms with Gasteiger partial charge in [0.15, 0.2) is 0 Å². The van der Waals surface area contributed by atoms with Gasteiger partial charge in [-0.1, -0.05) is 6.08 Å². The van der Waals surface area contributed by atoms with Crippen molar-refractivity contribution in [3.8, 4) is 5.69 Å². The molecule has 0 bridgehead atoms. The fourth-order valence-corrected chi connectivity index (χ4v) is 3.63. The first-order chi connectivity index (χ1) is 12.4. The molecule has 26 heavy (non-hydrogen) atoms. The molecular weight excluding hydrogens is 346 g/mol. The molecule has 1 fully saturated rings. The van der Waals surface area contributed by atoms with Crippen molar-refractivity contribution >= 4 is 34.7 Å². The average Bonchev–Trinajstić information content (AvgIpc) is 3.19. The van der Waals surface area contributed by atoms with E-state index in [1.807, 2.05) is 66.2 Å². The Bertz CT molecular complexity index is 881. The Morgan fingerprint density at radius 3 is 2.46 bits per heavy atom. The summed E-state index contributed by atoms with van der Waals surface area (Å²) >= 11 is 0.965. The van der Waals surface area contributed by atoms with Gasteiger partial charge in [0.1, 0.15) is 0 Å². The lowest BCUT2D eigenvalue weighted by atomic mass is 10.2. The Morgan fingerprint density at radius 2 is 1.85 bits per heavy atom. The van der Waals surface area contributed by atoms with E-state index in [1.165, 1.54) is 4.90 Å². The second-order valence-corrected chi connectivity index (χ2v) is 7.24. The van der Waals surface area contributed by atoms with Crippen LogP contribution in [0.15, 0.2) is 60.2 Å². The van der Waals surface area contributed by atoms with Gasteiger partial charge in [-0.05, 0) is 61.2 Å². The first kappa shape index (κ1) is 18.1. The van der Waals surface area contributed by atoms with Gasteiger partial charge in [-0.2, -0.15) is 0 Å². The molecule has 1 aromatic heterocycles. The van der Waals surface area contributed by atoms with Crippen LogP contribution in [0.4, 0.5) is 10.5 Å². The van der Waals surface area contributed by atoms with Gasteiger partial charge in [0.2, 0.25) is 0 Å². The lowest BCUT2D eigenvalue weighted by Gasteiger charge is -2.17. The zero-order chi connectivity index (χ0) is 18.8. The van der Waals surface area contributed by atoms with Crippen molar-refractivity contribution in [2.24, 2.45) is 0 Å². The molecule has 1 saturated heterocycles. The van der Waals surface area contributed by atoms with Crippen LogP contribution < -0.4 is 4.90 Å².